The van der Waals surface area contributed by atoms with Crippen molar-refractivity contribution in [1.29, 1.82) is 21.0 Å². The van der Waals surface area contributed by atoms with Gasteiger partial charge in [0.15, 0.2) is 0 Å². The Morgan fingerprint density at radius 3 is 1.12 bits per heavy atom. The van der Waals surface area contributed by atoms with Gasteiger partial charge in [-0.2, -0.15) is 21.0 Å². The molecule has 0 aliphatic heterocycles. The maximum absolute atomic E-state index is 9.36. The topological polar surface area (TPSA) is 151 Å². The number of hydrogen-bond acceptors (Lipinski definition) is 10. The van der Waals surface area contributed by atoms with Crippen LogP contribution in [0.3, 0.4) is 0 Å². The molecule has 0 spiro atoms. The first-order valence-corrected chi connectivity index (χ1v) is 21.7. The standard InChI is InChI=1S/C48H34N4O6Si2/c49-29-37-18-24-43(26-39(37)31-51)55-41-20-14-35(15-21-41)33-53-59(47-10-3-1-4-11-47)57-45-8-7-9-46(28-45)58-60(48-12-5-2-6-13-48)54-34-36-16-22-42(23-17-36)56-44-25-19-38(30-50)40(27-44)32-52/h1-28,59-60H,33-34H2. The van der Waals surface area contributed by atoms with Crippen molar-refractivity contribution in [2.45, 2.75) is 13.2 Å². The Morgan fingerprint density at radius 2 is 0.733 bits per heavy atom. The molecule has 0 fully saturated rings. The second-order valence-electron chi connectivity index (χ2n) is 13.2. The van der Waals surface area contributed by atoms with Crippen LogP contribution in [-0.2, 0) is 22.1 Å². The van der Waals surface area contributed by atoms with E-state index in [1.54, 1.807) is 36.4 Å². The average Bonchev–Trinajstić information content (AvgIpc) is 3.30. The van der Waals surface area contributed by atoms with E-state index < -0.39 is 18.6 Å². The third-order valence-electron chi connectivity index (χ3n) is 9.02. The highest BCUT2D eigenvalue weighted by atomic mass is 28.3. The summed E-state index contributed by atoms with van der Waals surface area (Å²) in [5.41, 5.74) is 2.95. The number of benzene rings is 7. The van der Waals surface area contributed by atoms with Gasteiger partial charge < -0.3 is 27.2 Å². The molecule has 0 aliphatic carbocycles. The van der Waals surface area contributed by atoms with E-state index in [2.05, 4.69) is 0 Å². The Bertz CT molecular complexity index is 2540. The number of hydrogen-bond donors (Lipinski definition) is 0. The Balaban J connectivity index is 0.998. The second kappa shape index (κ2) is 20.0. The largest absolute Gasteiger partial charge is 0.519 e. The molecule has 10 nitrogen and oxygen atoms in total. The molecule has 12 heteroatoms. The van der Waals surface area contributed by atoms with Crippen molar-refractivity contribution in [1.82, 2.24) is 0 Å². The molecule has 290 valence electrons. The van der Waals surface area contributed by atoms with Gasteiger partial charge in [0.05, 0.1) is 35.5 Å². The summed E-state index contributed by atoms with van der Waals surface area (Å²) in [6.45, 7) is 0.610. The first-order valence-electron chi connectivity index (χ1n) is 18.7. The van der Waals surface area contributed by atoms with Crippen molar-refractivity contribution in [3.63, 3.8) is 0 Å². The average molecular weight is 819 g/mol. The molecule has 2 atom stereocenters. The van der Waals surface area contributed by atoms with Crippen LogP contribution in [0.4, 0.5) is 0 Å². The molecule has 7 rings (SSSR count). The number of nitriles is 4. The van der Waals surface area contributed by atoms with Crippen LogP contribution in [0.2, 0.25) is 0 Å². The van der Waals surface area contributed by atoms with E-state index in [0.717, 1.165) is 21.5 Å². The molecule has 7 aromatic rings. The van der Waals surface area contributed by atoms with Crippen LogP contribution < -0.4 is 28.7 Å². The summed E-state index contributed by atoms with van der Waals surface area (Å²) in [4.78, 5) is 0. The molecular weight excluding hydrogens is 785 g/mol. The molecule has 0 N–H and O–H groups in total. The third-order valence-corrected chi connectivity index (χ3v) is 12.8. The lowest BCUT2D eigenvalue weighted by atomic mass is 10.1. The summed E-state index contributed by atoms with van der Waals surface area (Å²) in [7, 11) is -4.96. The van der Waals surface area contributed by atoms with Crippen LogP contribution in [0.5, 0.6) is 34.5 Å². The predicted molar refractivity (Wildman–Crippen MR) is 229 cm³/mol. The van der Waals surface area contributed by atoms with Gasteiger partial charge in [-0.05, 0) is 83.9 Å². The summed E-state index contributed by atoms with van der Waals surface area (Å²) < 4.78 is 38.0. The van der Waals surface area contributed by atoms with E-state index in [4.69, 9.17) is 27.2 Å². The zero-order valence-corrected chi connectivity index (χ0v) is 34.3. The monoisotopic (exact) mass is 818 g/mol. The molecule has 0 bridgehead atoms. The summed E-state index contributed by atoms with van der Waals surface area (Å²) in [6.07, 6.45) is 0. The van der Waals surface area contributed by atoms with Crippen molar-refractivity contribution in [2.24, 2.45) is 0 Å². The third kappa shape index (κ3) is 10.7. The Kier molecular flexibility index (Phi) is 13.4. The zero-order chi connectivity index (χ0) is 41.5. The second-order valence-corrected chi connectivity index (χ2v) is 17.0. The lowest BCUT2D eigenvalue weighted by Gasteiger charge is -2.21. The zero-order valence-electron chi connectivity index (χ0n) is 32.0. The first-order chi connectivity index (χ1) is 29.5. The van der Waals surface area contributed by atoms with Gasteiger partial charge in [-0.1, -0.05) is 91.0 Å². The maximum atomic E-state index is 9.36. The van der Waals surface area contributed by atoms with Crippen LogP contribution in [0.1, 0.15) is 33.4 Å². The molecule has 7 aromatic carbocycles. The molecule has 0 amide bonds. The molecule has 0 aromatic heterocycles. The Hall–Kier alpha value is -7.95. The summed E-state index contributed by atoms with van der Waals surface area (Å²) in [6, 6.07) is 59.9. The van der Waals surface area contributed by atoms with Crippen molar-refractivity contribution in [2.75, 3.05) is 0 Å². The summed E-state index contributed by atoms with van der Waals surface area (Å²) in [5, 5.41) is 39.1. The van der Waals surface area contributed by atoms with Gasteiger partial charge in [-0.3, -0.25) is 0 Å². The van der Waals surface area contributed by atoms with Crippen LogP contribution in [0.15, 0.2) is 170 Å². The van der Waals surface area contributed by atoms with E-state index in [1.165, 1.54) is 0 Å². The smallest absolute Gasteiger partial charge is 0.417 e. The maximum Gasteiger partial charge on any atom is 0.417 e. The highest BCUT2D eigenvalue weighted by Gasteiger charge is 2.22. The highest BCUT2D eigenvalue weighted by molar-refractivity contribution is 6.62. The van der Waals surface area contributed by atoms with E-state index in [-0.39, 0.29) is 11.1 Å². The fourth-order valence-corrected chi connectivity index (χ4v) is 9.30. The highest BCUT2D eigenvalue weighted by Crippen LogP contribution is 2.27. The minimum absolute atomic E-state index is 0.256. The fourth-order valence-electron chi connectivity index (χ4n) is 5.96. The first kappa shape index (κ1) is 40.3. The summed E-state index contributed by atoms with van der Waals surface area (Å²) >= 11 is 0. The molecule has 0 saturated carbocycles. The van der Waals surface area contributed by atoms with Gasteiger partial charge in [0.25, 0.3) is 0 Å². The molecule has 0 aliphatic rings. The van der Waals surface area contributed by atoms with E-state index in [1.807, 2.05) is 158 Å². The molecule has 60 heavy (non-hydrogen) atoms. The van der Waals surface area contributed by atoms with Crippen LogP contribution >= 0.6 is 0 Å². The lowest BCUT2D eigenvalue weighted by Crippen LogP contribution is -2.40. The molecular formula is C48H34N4O6Si2. The number of nitrogens with zero attached hydrogens (tertiary/aromatic N) is 4. The van der Waals surface area contributed by atoms with Crippen LogP contribution in [0, 0.1) is 45.3 Å². The molecule has 0 saturated heterocycles. The predicted octanol–water partition coefficient (Wildman–Crippen LogP) is 8.20. The van der Waals surface area contributed by atoms with Gasteiger partial charge in [0, 0.05) is 16.4 Å². The minimum Gasteiger partial charge on any atom is -0.519 e. The SMILES string of the molecule is N#Cc1ccc(Oc2ccc(CO[SiH](Oc3cccc(O[SiH](OCc4ccc(Oc5ccc(C#N)c(C#N)c5)cc4)c4ccccc4)c3)c3ccccc3)cc2)cc1C#N. The number of rotatable bonds is 16. The molecule has 0 heterocycles. The van der Waals surface area contributed by atoms with E-state index >= 15 is 0 Å². The van der Waals surface area contributed by atoms with Gasteiger partial charge in [0.1, 0.15) is 58.8 Å². The minimum atomic E-state index is -2.48. The van der Waals surface area contributed by atoms with Gasteiger partial charge in [-0.15, -0.1) is 0 Å². The Labute approximate surface area is 351 Å². The summed E-state index contributed by atoms with van der Waals surface area (Å²) in [5.74, 6) is 3.31. The molecule has 2 unspecified atom stereocenters. The van der Waals surface area contributed by atoms with Crippen molar-refractivity contribution in [3.8, 4) is 58.8 Å². The van der Waals surface area contributed by atoms with Crippen LogP contribution in [0.25, 0.3) is 0 Å². The van der Waals surface area contributed by atoms with Crippen molar-refractivity contribution < 1.29 is 27.2 Å². The van der Waals surface area contributed by atoms with Crippen molar-refractivity contribution >= 4 is 28.9 Å². The van der Waals surface area contributed by atoms with E-state index in [0.29, 0.717) is 58.8 Å². The fraction of sp³-hybridized carbons (Fsp3) is 0.0417. The van der Waals surface area contributed by atoms with Gasteiger partial charge in [-0.25, -0.2) is 0 Å². The van der Waals surface area contributed by atoms with E-state index in [9.17, 15) is 21.0 Å². The Morgan fingerprint density at radius 1 is 0.350 bits per heavy atom. The van der Waals surface area contributed by atoms with Crippen molar-refractivity contribution in [3.05, 3.63) is 203 Å². The van der Waals surface area contributed by atoms with Gasteiger partial charge in [0.2, 0.25) is 0 Å². The number of ether oxygens (including phenoxy) is 2. The lowest BCUT2D eigenvalue weighted by molar-refractivity contribution is 0.262. The molecule has 0 radical (unpaired) electrons. The normalized spacial score (nSPS) is 11.4. The van der Waals surface area contributed by atoms with Gasteiger partial charge >= 0.3 is 18.6 Å². The quantitative estimate of drug-likeness (QED) is 0.0873. The van der Waals surface area contributed by atoms with Crippen LogP contribution in [-0.4, -0.2) is 18.6 Å².